The smallest absolute Gasteiger partial charge is 0.221 e. The zero-order valence-corrected chi connectivity index (χ0v) is 13.2. The Balaban J connectivity index is 1.63. The molecule has 2 aliphatic carbocycles. The van der Waals surface area contributed by atoms with Crippen LogP contribution in [0.15, 0.2) is 54.1 Å². The third-order valence-electron chi connectivity index (χ3n) is 5.03. The van der Waals surface area contributed by atoms with Crippen molar-refractivity contribution in [2.75, 3.05) is 0 Å². The Morgan fingerprint density at radius 1 is 1.09 bits per heavy atom. The minimum absolute atomic E-state index is 0.0893. The first-order valence-electron chi connectivity index (χ1n) is 8.46. The van der Waals surface area contributed by atoms with E-state index in [0.29, 0.717) is 13.0 Å². The first-order valence-corrected chi connectivity index (χ1v) is 8.46. The van der Waals surface area contributed by atoms with Crippen molar-refractivity contribution in [3.63, 3.8) is 0 Å². The van der Waals surface area contributed by atoms with E-state index in [1.165, 1.54) is 24.8 Å². The number of carbonyl (C=O) groups is 1. The second kappa shape index (κ2) is 6.95. The molecular weight excluding hydrogens is 270 g/mol. The van der Waals surface area contributed by atoms with Crippen LogP contribution in [0.25, 0.3) is 0 Å². The van der Waals surface area contributed by atoms with E-state index in [1.54, 1.807) is 0 Å². The van der Waals surface area contributed by atoms with Crippen LogP contribution in [0.4, 0.5) is 0 Å². The van der Waals surface area contributed by atoms with Crippen LogP contribution in [0.5, 0.6) is 0 Å². The van der Waals surface area contributed by atoms with Crippen molar-refractivity contribution in [2.45, 2.75) is 51.5 Å². The lowest BCUT2D eigenvalue weighted by Gasteiger charge is -2.37. The van der Waals surface area contributed by atoms with Gasteiger partial charge in [0, 0.05) is 18.4 Å². The van der Waals surface area contributed by atoms with E-state index < -0.39 is 0 Å². The molecule has 0 aliphatic heterocycles. The molecule has 0 radical (unpaired) electrons. The minimum atomic E-state index is 0.0893. The fourth-order valence-electron chi connectivity index (χ4n) is 3.81. The molecule has 2 heteroatoms. The SMILES string of the molecule is O=C(CC1(C2=CCC=C2)CCCCC1)NCc1ccccc1. The highest BCUT2D eigenvalue weighted by atomic mass is 16.1. The molecule has 0 atom stereocenters. The van der Waals surface area contributed by atoms with Gasteiger partial charge in [0.05, 0.1) is 0 Å². The number of nitrogens with one attached hydrogen (secondary N) is 1. The number of hydrogen-bond acceptors (Lipinski definition) is 1. The Morgan fingerprint density at radius 3 is 2.55 bits per heavy atom. The van der Waals surface area contributed by atoms with E-state index in [-0.39, 0.29) is 11.3 Å². The largest absolute Gasteiger partial charge is 0.352 e. The average Bonchev–Trinajstić information content (AvgIpc) is 3.10. The van der Waals surface area contributed by atoms with Crippen LogP contribution < -0.4 is 5.32 Å². The molecule has 0 heterocycles. The summed E-state index contributed by atoms with van der Waals surface area (Å²) in [4.78, 5) is 12.5. The minimum Gasteiger partial charge on any atom is -0.352 e. The molecule has 0 unspecified atom stereocenters. The van der Waals surface area contributed by atoms with E-state index in [2.05, 4.69) is 35.7 Å². The standard InChI is InChI=1S/C20H25NO/c22-19(21-16-17-9-3-1-4-10-17)15-20(13-7-2-8-14-20)18-11-5-6-12-18/h1,3-5,9-12H,2,6-8,13-16H2,(H,21,22). The van der Waals surface area contributed by atoms with Crippen LogP contribution in [-0.2, 0) is 11.3 Å². The summed E-state index contributed by atoms with van der Waals surface area (Å²) in [6.45, 7) is 0.630. The fraction of sp³-hybridized carbons (Fsp3) is 0.450. The Labute approximate surface area is 133 Å². The van der Waals surface area contributed by atoms with Gasteiger partial charge in [-0.15, -0.1) is 0 Å². The molecule has 1 N–H and O–H groups in total. The van der Waals surface area contributed by atoms with Crippen molar-refractivity contribution < 1.29 is 4.79 Å². The van der Waals surface area contributed by atoms with Crippen molar-refractivity contribution in [2.24, 2.45) is 5.41 Å². The van der Waals surface area contributed by atoms with Crippen molar-refractivity contribution >= 4 is 5.91 Å². The van der Waals surface area contributed by atoms with E-state index in [4.69, 9.17) is 0 Å². The number of allylic oxidation sites excluding steroid dienone is 4. The predicted octanol–water partition coefficient (Wildman–Crippen LogP) is 4.53. The van der Waals surface area contributed by atoms with Gasteiger partial charge in [0.1, 0.15) is 0 Å². The van der Waals surface area contributed by atoms with Crippen molar-refractivity contribution in [3.05, 3.63) is 59.7 Å². The van der Waals surface area contributed by atoms with Gasteiger partial charge < -0.3 is 5.32 Å². The number of rotatable bonds is 5. The lowest BCUT2D eigenvalue weighted by atomic mass is 9.67. The Kier molecular flexibility index (Phi) is 4.77. The Hall–Kier alpha value is -1.83. The molecule has 0 bridgehead atoms. The molecule has 22 heavy (non-hydrogen) atoms. The first kappa shape index (κ1) is 15.1. The molecule has 1 aromatic carbocycles. The molecule has 3 rings (SSSR count). The maximum Gasteiger partial charge on any atom is 0.221 e. The number of carbonyl (C=O) groups excluding carboxylic acids is 1. The lowest BCUT2D eigenvalue weighted by Crippen LogP contribution is -2.34. The van der Waals surface area contributed by atoms with Crippen LogP contribution in [0.2, 0.25) is 0 Å². The van der Waals surface area contributed by atoms with Gasteiger partial charge in [0.15, 0.2) is 0 Å². The van der Waals surface area contributed by atoms with Crippen molar-refractivity contribution in [1.82, 2.24) is 5.32 Å². The van der Waals surface area contributed by atoms with Gasteiger partial charge in [-0.25, -0.2) is 0 Å². The van der Waals surface area contributed by atoms with Gasteiger partial charge in [-0.05, 0) is 30.4 Å². The maximum absolute atomic E-state index is 12.5. The maximum atomic E-state index is 12.5. The zero-order chi connectivity index (χ0) is 15.3. The summed E-state index contributed by atoms with van der Waals surface area (Å²) in [5.74, 6) is 0.187. The summed E-state index contributed by atoms with van der Waals surface area (Å²) < 4.78 is 0. The summed E-state index contributed by atoms with van der Waals surface area (Å²) in [7, 11) is 0. The molecule has 1 aromatic rings. The van der Waals surface area contributed by atoms with Crippen LogP contribution in [0.3, 0.4) is 0 Å². The lowest BCUT2D eigenvalue weighted by molar-refractivity contribution is -0.123. The van der Waals surface area contributed by atoms with E-state index in [0.717, 1.165) is 24.8 Å². The van der Waals surface area contributed by atoms with E-state index >= 15 is 0 Å². The second-order valence-corrected chi connectivity index (χ2v) is 6.58. The van der Waals surface area contributed by atoms with Crippen molar-refractivity contribution in [1.29, 1.82) is 0 Å². The summed E-state index contributed by atoms with van der Waals surface area (Å²) in [6, 6.07) is 10.1. The quantitative estimate of drug-likeness (QED) is 0.849. The van der Waals surface area contributed by atoms with Gasteiger partial charge >= 0.3 is 0 Å². The predicted molar refractivity (Wildman–Crippen MR) is 90.3 cm³/mol. The summed E-state index contributed by atoms with van der Waals surface area (Å²) in [5.41, 5.74) is 2.65. The van der Waals surface area contributed by atoms with Crippen LogP contribution in [0, 0.1) is 5.41 Å². The van der Waals surface area contributed by atoms with Gasteiger partial charge in [-0.3, -0.25) is 4.79 Å². The highest BCUT2D eigenvalue weighted by molar-refractivity contribution is 5.77. The molecule has 1 saturated carbocycles. The highest BCUT2D eigenvalue weighted by Gasteiger charge is 2.37. The summed E-state index contributed by atoms with van der Waals surface area (Å²) in [5, 5.41) is 3.10. The van der Waals surface area contributed by atoms with Crippen LogP contribution >= 0.6 is 0 Å². The van der Waals surface area contributed by atoms with E-state index in [1.807, 2.05) is 18.2 Å². The second-order valence-electron chi connectivity index (χ2n) is 6.58. The van der Waals surface area contributed by atoms with Crippen LogP contribution in [0.1, 0.15) is 50.5 Å². The zero-order valence-electron chi connectivity index (χ0n) is 13.2. The van der Waals surface area contributed by atoms with Gasteiger partial charge in [0.2, 0.25) is 5.91 Å². The summed E-state index contributed by atoms with van der Waals surface area (Å²) >= 11 is 0. The molecule has 2 nitrogen and oxygen atoms in total. The summed E-state index contributed by atoms with van der Waals surface area (Å²) in [6.07, 6.45) is 14.6. The van der Waals surface area contributed by atoms with Gasteiger partial charge in [-0.1, -0.05) is 67.8 Å². The monoisotopic (exact) mass is 295 g/mol. The first-order chi connectivity index (χ1) is 10.8. The number of benzene rings is 1. The molecule has 0 saturated heterocycles. The van der Waals surface area contributed by atoms with E-state index in [9.17, 15) is 4.79 Å². The molecule has 1 amide bonds. The molecular formula is C20H25NO. The third kappa shape index (κ3) is 3.49. The Bertz CT molecular complexity index is 565. The molecule has 2 aliphatic rings. The topological polar surface area (TPSA) is 29.1 Å². The molecule has 0 spiro atoms. The number of hydrogen-bond donors (Lipinski definition) is 1. The third-order valence-corrected chi connectivity index (χ3v) is 5.03. The highest BCUT2D eigenvalue weighted by Crippen LogP contribution is 2.47. The van der Waals surface area contributed by atoms with Crippen molar-refractivity contribution in [3.8, 4) is 0 Å². The molecule has 116 valence electrons. The number of amides is 1. The fourth-order valence-corrected chi connectivity index (χ4v) is 3.81. The molecule has 1 fully saturated rings. The normalized spacial score (nSPS) is 19.7. The van der Waals surface area contributed by atoms with Crippen LogP contribution in [-0.4, -0.2) is 5.91 Å². The molecule has 0 aromatic heterocycles. The van der Waals surface area contributed by atoms with Gasteiger partial charge in [0.25, 0.3) is 0 Å². The van der Waals surface area contributed by atoms with Gasteiger partial charge in [-0.2, -0.15) is 0 Å². The average molecular weight is 295 g/mol. The Morgan fingerprint density at radius 2 is 1.86 bits per heavy atom.